The number of amides is 1. The van der Waals surface area contributed by atoms with Crippen LogP contribution in [0.2, 0.25) is 0 Å². The van der Waals surface area contributed by atoms with Gasteiger partial charge < -0.3 is 0 Å². The van der Waals surface area contributed by atoms with Crippen LogP contribution >= 0.6 is 0 Å². The molecule has 0 aliphatic heterocycles. The van der Waals surface area contributed by atoms with Gasteiger partial charge in [-0.15, -0.1) is 0 Å². The van der Waals surface area contributed by atoms with Crippen LogP contribution in [0.15, 0.2) is 126 Å². The Bertz CT molecular complexity index is 1380. The summed E-state index contributed by atoms with van der Waals surface area (Å²) in [7, 11) is -3.99. The quantitative estimate of drug-likeness (QED) is 0.249. The molecule has 4 aromatic carbocycles. The molecule has 0 aliphatic carbocycles. The maximum absolute atomic E-state index is 13.6. The molecule has 1 amide bonds. The second kappa shape index (κ2) is 12.0. The summed E-state index contributed by atoms with van der Waals surface area (Å²) in [6, 6.07) is 35.9. The first-order valence-electron chi connectivity index (χ1n) is 11.6. The molecule has 0 saturated heterocycles. The van der Waals surface area contributed by atoms with Crippen LogP contribution in [0.25, 0.3) is 5.57 Å². The van der Waals surface area contributed by atoms with Crippen LogP contribution in [0, 0.1) is 6.92 Å². The SMILES string of the molecule is Cc1ccc(S(=O)(=O)N(CCC=C(c2ccccc2)c2ccccc2)C(=O)[Se]c2ccccc2)cc1. The van der Waals surface area contributed by atoms with E-state index >= 15 is 0 Å². The van der Waals surface area contributed by atoms with Gasteiger partial charge in [-0.1, -0.05) is 0 Å². The van der Waals surface area contributed by atoms with E-state index in [1.54, 1.807) is 24.3 Å². The molecule has 182 valence electrons. The maximum atomic E-state index is 13.6. The summed E-state index contributed by atoms with van der Waals surface area (Å²) in [6.07, 6.45) is 2.41. The summed E-state index contributed by atoms with van der Waals surface area (Å²) in [5.74, 6) is 0. The zero-order valence-electron chi connectivity index (χ0n) is 19.9. The minimum absolute atomic E-state index is 0.0623. The second-order valence-electron chi connectivity index (χ2n) is 8.21. The molecule has 0 saturated carbocycles. The molecule has 6 heteroatoms. The van der Waals surface area contributed by atoms with Crippen LogP contribution in [0.5, 0.6) is 0 Å². The van der Waals surface area contributed by atoms with Crippen LogP contribution < -0.4 is 4.46 Å². The van der Waals surface area contributed by atoms with Crippen LogP contribution in [-0.4, -0.2) is 39.0 Å². The van der Waals surface area contributed by atoms with E-state index in [0.717, 1.165) is 31.0 Å². The number of carbonyl (C=O) groups is 1. The molecular weight excluding hydrogens is 533 g/mol. The fourth-order valence-corrected chi connectivity index (χ4v) is 7.28. The first-order chi connectivity index (χ1) is 17.4. The Morgan fingerprint density at radius 2 is 1.25 bits per heavy atom. The van der Waals surface area contributed by atoms with Gasteiger partial charge in [0.25, 0.3) is 0 Å². The third-order valence-corrected chi connectivity index (χ3v) is 9.56. The fourth-order valence-electron chi connectivity index (χ4n) is 3.75. The molecule has 0 radical (unpaired) electrons. The molecule has 0 fully saturated rings. The molecule has 0 heterocycles. The Morgan fingerprint density at radius 3 is 1.78 bits per heavy atom. The van der Waals surface area contributed by atoms with E-state index in [2.05, 4.69) is 0 Å². The van der Waals surface area contributed by atoms with Crippen LogP contribution in [0.3, 0.4) is 0 Å². The number of sulfonamides is 1. The molecular formula is C30H27NO3SSe. The van der Waals surface area contributed by atoms with Crippen molar-refractivity contribution in [1.82, 2.24) is 4.31 Å². The van der Waals surface area contributed by atoms with Gasteiger partial charge in [0, 0.05) is 0 Å². The van der Waals surface area contributed by atoms with Gasteiger partial charge in [-0.2, -0.15) is 0 Å². The van der Waals surface area contributed by atoms with Crippen LogP contribution in [-0.2, 0) is 10.0 Å². The molecule has 0 bridgehead atoms. The molecule has 0 aliphatic rings. The number of hydrogen-bond acceptors (Lipinski definition) is 3. The molecule has 0 unspecified atom stereocenters. The predicted molar refractivity (Wildman–Crippen MR) is 147 cm³/mol. The van der Waals surface area contributed by atoms with E-state index in [-0.39, 0.29) is 16.2 Å². The first kappa shape index (κ1) is 25.6. The van der Waals surface area contributed by atoms with Crippen molar-refractivity contribution in [3.8, 4) is 0 Å². The Morgan fingerprint density at radius 1 is 0.750 bits per heavy atom. The Labute approximate surface area is 219 Å². The van der Waals surface area contributed by atoms with Crippen molar-refractivity contribution < 1.29 is 13.2 Å². The van der Waals surface area contributed by atoms with Gasteiger partial charge in [0.2, 0.25) is 0 Å². The molecule has 4 rings (SSSR count). The first-order valence-corrected chi connectivity index (χ1v) is 14.8. The van der Waals surface area contributed by atoms with Crippen molar-refractivity contribution in [2.24, 2.45) is 0 Å². The fraction of sp³-hybridized carbons (Fsp3) is 0.100. The predicted octanol–water partition coefficient (Wildman–Crippen LogP) is 5.66. The zero-order valence-corrected chi connectivity index (χ0v) is 22.5. The van der Waals surface area contributed by atoms with Crippen molar-refractivity contribution >= 4 is 39.8 Å². The molecule has 36 heavy (non-hydrogen) atoms. The second-order valence-corrected chi connectivity index (χ2v) is 12.2. The number of aryl methyl sites for hydroxylation is 1. The van der Waals surface area contributed by atoms with Crippen LogP contribution in [0.4, 0.5) is 4.79 Å². The van der Waals surface area contributed by atoms with Gasteiger partial charge >= 0.3 is 220 Å². The van der Waals surface area contributed by atoms with E-state index in [1.165, 1.54) is 0 Å². The summed E-state index contributed by atoms with van der Waals surface area (Å²) in [5.41, 5.74) is 4.04. The Balaban J connectivity index is 1.65. The standard InChI is InChI=1S/C30H27NO3SSe/c1-24-19-21-27(22-20-24)35(33,34)31(30(32)36-28-16-9-4-10-17-28)23-11-18-29(25-12-5-2-6-13-25)26-14-7-3-8-15-26/h2-10,12-22H,11,23H2,1H3. The summed E-state index contributed by atoms with van der Waals surface area (Å²) in [5, 5.41) is 0. The molecule has 0 spiro atoms. The molecule has 4 aromatic rings. The van der Waals surface area contributed by atoms with Crippen LogP contribution in [0.1, 0.15) is 23.1 Å². The summed E-state index contributed by atoms with van der Waals surface area (Å²) in [4.78, 5) is 13.1. The summed E-state index contributed by atoms with van der Waals surface area (Å²) in [6.45, 7) is 1.96. The summed E-state index contributed by atoms with van der Waals surface area (Å²) < 4.78 is 29.1. The van der Waals surface area contributed by atoms with Gasteiger partial charge in [0.05, 0.1) is 0 Å². The van der Waals surface area contributed by atoms with Crippen molar-refractivity contribution in [2.45, 2.75) is 18.2 Å². The van der Waals surface area contributed by atoms with Gasteiger partial charge in [0.15, 0.2) is 0 Å². The topological polar surface area (TPSA) is 54.5 Å². The Kier molecular flexibility index (Phi) is 8.55. The average Bonchev–Trinajstić information content (AvgIpc) is 2.90. The third kappa shape index (κ3) is 6.41. The molecule has 0 N–H and O–H groups in total. The molecule has 0 aromatic heterocycles. The number of benzene rings is 4. The van der Waals surface area contributed by atoms with E-state index in [1.807, 2.05) is 104 Å². The monoisotopic (exact) mass is 561 g/mol. The average molecular weight is 561 g/mol. The normalized spacial score (nSPS) is 11.0. The molecule has 0 atom stereocenters. The Hall–Kier alpha value is -3.44. The van der Waals surface area contributed by atoms with Gasteiger partial charge in [-0.05, 0) is 0 Å². The number of rotatable bonds is 9. The zero-order chi connectivity index (χ0) is 25.4. The van der Waals surface area contributed by atoms with Crippen molar-refractivity contribution in [2.75, 3.05) is 6.54 Å². The van der Waals surface area contributed by atoms with Crippen molar-refractivity contribution in [3.05, 3.63) is 138 Å². The van der Waals surface area contributed by atoms with E-state index in [4.69, 9.17) is 0 Å². The van der Waals surface area contributed by atoms with Gasteiger partial charge in [-0.25, -0.2) is 0 Å². The van der Waals surface area contributed by atoms with Crippen molar-refractivity contribution in [1.29, 1.82) is 0 Å². The van der Waals surface area contributed by atoms with E-state index < -0.39 is 25.0 Å². The third-order valence-electron chi connectivity index (χ3n) is 5.61. The van der Waals surface area contributed by atoms with E-state index in [9.17, 15) is 13.2 Å². The number of carbonyl (C=O) groups excluding carboxylic acids is 1. The van der Waals surface area contributed by atoms with Gasteiger partial charge in [0.1, 0.15) is 0 Å². The van der Waals surface area contributed by atoms with E-state index in [0.29, 0.717) is 6.42 Å². The van der Waals surface area contributed by atoms with Crippen molar-refractivity contribution in [3.63, 3.8) is 0 Å². The number of hydrogen-bond donors (Lipinski definition) is 0. The molecule has 4 nitrogen and oxygen atoms in total. The summed E-state index contributed by atoms with van der Waals surface area (Å²) >= 11 is -0.662. The minimum atomic E-state index is -3.99. The number of nitrogens with zero attached hydrogens (tertiary/aromatic N) is 1. The van der Waals surface area contributed by atoms with Gasteiger partial charge in [-0.3, -0.25) is 0 Å².